The minimum atomic E-state index is 0.707. The highest BCUT2D eigenvalue weighted by Gasteiger charge is 2.20. The first-order chi connectivity index (χ1) is 9.36. The molecule has 0 atom stereocenters. The van der Waals surface area contributed by atoms with E-state index in [1.54, 1.807) is 0 Å². The number of nitrogens with one attached hydrogen (secondary N) is 1. The van der Waals surface area contributed by atoms with Gasteiger partial charge in [-0.25, -0.2) is 0 Å². The van der Waals surface area contributed by atoms with E-state index in [-0.39, 0.29) is 0 Å². The Bertz CT molecular complexity index is 621. The fraction of sp³-hybridized carbons (Fsp3) is 0.235. The minimum absolute atomic E-state index is 0.707. The number of nitriles is 1. The average molecular weight is 248 g/mol. The van der Waals surface area contributed by atoms with E-state index in [9.17, 15) is 0 Å². The average Bonchev–Trinajstić information content (AvgIpc) is 3.30. The maximum absolute atomic E-state index is 9.00. The monoisotopic (exact) mass is 248 g/mol. The van der Waals surface area contributed by atoms with Crippen LogP contribution in [0.5, 0.6) is 0 Å². The van der Waals surface area contributed by atoms with Crippen molar-refractivity contribution in [2.45, 2.75) is 25.4 Å². The van der Waals surface area contributed by atoms with Gasteiger partial charge in [-0.05, 0) is 41.7 Å². The summed E-state index contributed by atoms with van der Waals surface area (Å²) in [5.41, 5.74) is 4.34. The Kier molecular flexibility index (Phi) is 3.31. The van der Waals surface area contributed by atoms with Crippen molar-refractivity contribution in [1.82, 2.24) is 5.32 Å². The van der Waals surface area contributed by atoms with E-state index in [1.807, 2.05) is 18.2 Å². The predicted molar refractivity (Wildman–Crippen MR) is 76.5 cm³/mol. The Hall–Kier alpha value is -2.11. The summed E-state index contributed by atoms with van der Waals surface area (Å²) < 4.78 is 0. The first-order valence-electron chi connectivity index (χ1n) is 6.68. The molecule has 0 unspecified atom stereocenters. The standard InChI is InChI=1S/C17H16N2/c18-11-13-4-3-6-14(10-13)17-7-2-1-5-15(17)12-19-16-8-9-16/h1-7,10,16,19H,8-9,12H2. The van der Waals surface area contributed by atoms with Crippen LogP contribution in [-0.2, 0) is 6.54 Å². The summed E-state index contributed by atoms with van der Waals surface area (Å²) in [6.45, 7) is 0.900. The zero-order valence-electron chi connectivity index (χ0n) is 10.8. The van der Waals surface area contributed by atoms with Crippen molar-refractivity contribution in [3.05, 3.63) is 59.7 Å². The molecule has 0 aromatic heterocycles. The van der Waals surface area contributed by atoms with Crippen LogP contribution in [0.2, 0.25) is 0 Å². The molecule has 19 heavy (non-hydrogen) atoms. The second kappa shape index (κ2) is 5.26. The molecule has 0 amide bonds. The number of hydrogen-bond acceptors (Lipinski definition) is 2. The van der Waals surface area contributed by atoms with E-state index in [4.69, 9.17) is 5.26 Å². The Labute approximate surface area is 113 Å². The number of nitrogens with zero attached hydrogens (tertiary/aromatic N) is 1. The summed E-state index contributed by atoms with van der Waals surface area (Å²) in [7, 11) is 0. The van der Waals surface area contributed by atoms with Crippen molar-refractivity contribution >= 4 is 0 Å². The summed E-state index contributed by atoms with van der Waals surface area (Å²) in [4.78, 5) is 0. The highest BCUT2D eigenvalue weighted by atomic mass is 14.9. The van der Waals surface area contributed by atoms with Gasteiger partial charge in [0.05, 0.1) is 11.6 Å². The molecule has 1 N–H and O–H groups in total. The molecule has 1 fully saturated rings. The maximum Gasteiger partial charge on any atom is 0.0991 e. The molecule has 0 radical (unpaired) electrons. The van der Waals surface area contributed by atoms with Crippen LogP contribution in [-0.4, -0.2) is 6.04 Å². The zero-order chi connectivity index (χ0) is 13.1. The number of hydrogen-bond donors (Lipinski definition) is 1. The molecular formula is C17H16N2. The quantitative estimate of drug-likeness (QED) is 0.899. The molecule has 0 aliphatic heterocycles. The summed E-state index contributed by atoms with van der Waals surface area (Å²) in [5, 5.41) is 12.5. The lowest BCUT2D eigenvalue weighted by molar-refractivity contribution is 0.689. The van der Waals surface area contributed by atoms with Gasteiger partial charge >= 0.3 is 0 Å². The van der Waals surface area contributed by atoms with E-state index in [2.05, 4.69) is 41.7 Å². The lowest BCUT2D eigenvalue weighted by atomic mass is 9.98. The number of benzene rings is 2. The Morgan fingerprint density at radius 3 is 2.74 bits per heavy atom. The normalized spacial score (nSPS) is 14.1. The third-order valence-electron chi connectivity index (χ3n) is 3.48. The van der Waals surface area contributed by atoms with Gasteiger partial charge < -0.3 is 5.32 Å². The molecule has 2 heteroatoms. The molecule has 0 bridgehead atoms. The smallest absolute Gasteiger partial charge is 0.0991 e. The fourth-order valence-corrected chi connectivity index (χ4v) is 2.25. The molecule has 0 spiro atoms. The lowest BCUT2D eigenvalue weighted by Crippen LogP contribution is -2.15. The van der Waals surface area contributed by atoms with Crippen LogP contribution < -0.4 is 5.32 Å². The van der Waals surface area contributed by atoms with Crippen molar-refractivity contribution < 1.29 is 0 Å². The third kappa shape index (κ3) is 2.83. The Morgan fingerprint density at radius 2 is 1.95 bits per heavy atom. The fourth-order valence-electron chi connectivity index (χ4n) is 2.25. The third-order valence-corrected chi connectivity index (χ3v) is 3.48. The summed E-state index contributed by atoms with van der Waals surface area (Å²) in [6, 6.07) is 19.1. The van der Waals surface area contributed by atoms with Crippen molar-refractivity contribution in [3.63, 3.8) is 0 Å². The molecule has 2 aromatic rings. The maximum atomic E-state index is 9.00. The van der Waals surface area contributed by atoms with Gasteiger partial charge in [-0.3, -0.25) is 0 Å². The van der Waals surface area contributed by atoms with Crippen molar-refractivity contribution in [2.75, 3.05) is 0 Å². The van der Waals surface area contributed by atoms with Gasteiger partial charge in [-0.2, -0.15) is 5.26 Å². The van der Waals surface area contributed by atoms with Crippen LogP contribution in [0.25, 0.3) is 11.1 Å². The van der Waals surface area contributed by atoms with Crippen LogP contribution in [0, 0.1) is 11.3 Å². The van der Waals surface area contributed by atoms with Gasteiger partial charge in [0.15, 0.2) is 0 Å². The first kappa shape index (κ1) is 12.0. The molecule has 1 saturated carbocycles. The Balaban J connectivity index is 1.91. The van der Waals surface area contributed by atoms with Gasteiger partial charge in [-0.1, -0.05) is 36.4 Å². The molecule has 2 aromatic carbocycles. The van der Waals surface area contributed by atoms with Gasteiger partial charge in [0.1, 0.15) is 0 Å². The van der Waals surface area contributed by atoms with Crippen LogP contribution in [0.3, 0.4) is 0 Å². The molecule has 0 heterocycles. The van der Waals surface area contributed by atoms with Crippen LogP contribution in [0.4, 0.5) is 0 Å². The molecule has 1 aliphatic carbocycles. The highest BCUT2D eigenvalue weighted by Crippen LogP contribution is 2.26. The second-order valence-electron chi connectivity index (χ2n) is 5.00. The summed E-state index contributed by atoms with van der Waals surface area (Å²) >= 11 is 0. The molecule has 94 valence electrons. The van der Waals surface area contributed by atoms with Gasteiger partial charge in [0.25, 0.3) is 0 Å². The zero-order valence-corrected chi connectivity index (χ0v) is 10.8. The van der Waals surface area contributed by atoms with E-state index >= 15 is 0 Å². The van der Waals surface area contributed by atoms with Crippen LogP contribution >= 0.6 is 0 Å². The van der Waals surface area contributed by atoms with Gasteiger partial charge in [-0.15, -0.1) is 0 Å². The molecule has 0 saturated heterocycles. The summed E-state index contributed by atoms with van der Waals surface area (Å²) in [5.74, 6) is 0. The topological polar surface area (TPSA) is 35.8 Å². The molecular weight excluding hydrogens is 232 g/mol. The first-order valence-corrected chi connectivity index (χ1v) is 6.68. The van der Waals surface area contributed by atoms with E-state index in [0.717, 1.165) is 12.1 Å². The van der Waals surface area contributed by atoms with E-state index in [0.29, 0.717) is 11.6 Å². The second-order valence-corrected chi connectivity index (χ2v) is 5.00. The molecule has 1 aliphatic rings. The molecule has 3 rings (SSSR count). The largest absolute Gasteiger partial charge is 0.310 e. The highest BCUT2D eigenvalue weighted by molar-refractivity contribution is 5.68. The van der Waals surface area contributed by atoms with E-state index in [1.165, 1.54) is 24.0 Å². The summed E-state index contributed by atoms with van der Waals surface area (Å²) in [6.07, 6.45) is 2.60. The molecule has 2 nitrogen and oxygen atoms in total. The van der Waals surface area contributed by atoms with Gasteiger partial charge in [0.2, 0.25) is 0 Å². The minimum Gasteiger partial charge on any atom is -0.310 e. The Morgan fingerprint density at radius 1 is 1.11 bits per heavy atom. The van der Waals surface area contributed by atoms with Crippen molar-refractivity contribution in [3.8, 4) is 17.2 Å². The number of rotatable bonds is 4. The van der Waals surface area contributed by atoms with Crippen LogP contribution in [0.1, 0.15) is 24.0 Å². The van der Waals surface area contributed by atoms with E-state index < -0.39 is 0 Å². The SMILES string of the molecule is N#Cc1cccc(-c2ccccc2CNC2CC2)c1. The lowest BCUT2D eigenvalue weighted by Gasteiger charge is -2.10. The van der Waals surface area contributed by atoms with Crippen LogP contribution in [0.15, 0.2) is 48.5 Å². The van der Waals surface area contributed by atoms with Gasteiger partial charge in [0, 0.05) is 12.6 Å². The predicted octanol–water partition coefficient (Wildman–Crippen LogP) is 3.48. The van der Waals surface area contributed by atoms with Crippen molar-refractivity contribution in [1.29, 1.82) is 5.26 Å². The van der Waals surface area contributed by atoms with Crippen molar-refractivity contribution in [2.24, 2.45) is 0 Å².